The van der Waals surface area contributed by atoms with Crippen molar-refractivity contribution in [2.45, 2.75) is 33.4 Å². The van der Waals surface area contributed by atoms with Crippen LogP contribution in [0.5, 0.6) is 0 Å². The number of aryl methyl sites for hydroxylation is 1. The first-order valence-electron chi connectivity index (χ1n) is 7.00. The number of nitrogens with zero attached hydrogens (tertiary/aromatic N) is 2. The molecule has 2 N–H and O–H groups in total. The third-order valence-electron chi connectivity index (χ3n) is 3.19. The van der Waals surface area contributed by atoms with E-state index in [-0.39, 0.29) is 23.7 Å². The second-order valence-electron chi connectivity index (χ2n) is 5.65. The fraction of sp³-hybridized carbons (Fsp3) is 0.643. The Balaban J connectivity index is 2.70. The zero-order chi connectivity index (χ0) is 16.2. The van der Waals surface area contributed by atoms with Gasteiger partial charge in [-0.05, 0) is 12.8 Å². The van der Waals surface area contributed by atoms with Gasteiger partial charge in [0.2, 0.25) is 5.91 Å². The maximum atomic E-state index is 11.9. The Morgan fingerprint density at radius 2 is 1.86 bits per heavy atom. The van der Waals surface area contributed by atoms with Gasteiger partial charge in [0, 0.05) is 38.9 Å². The number of carbonyl (C=O) groups is 1. The molecule has 1 heterocycles. The molecule has 0 aliphatic heterocycles. The SMILES string of the molecule is CC(C)CNC(=O)C(C)NCc1cn(C)c(=O)n(C)c1=O. The van der Waals surface area contributed by atoms with E-state index < -0.39 is 6.04 Å². The maximum Gasteiger partial charge on any atom is 0.330 e. The zero-order valence-electron chi connectivity index (χ0n) is 13.3. The van der Waals surface area contributed by atoms with Crippen molar-refractivity contribution in [2.75, 3.05) is 6.54 Å². The average molecular weight is 296 g/mol. The number of carbonyl (C=O) groups excluding carboxylic acids is 1. The molecule has 1 atom stereocenters. The molecule has 0 fully saturated rings. The fourth-order valence-electron chi connectivity index (χ4n) is 1.82. The molecule has 0 saturated heterocycles. The molecule has 0 aromatic carbocycles. The summed E-state index contributed by atoms with van der Waals surface area (Å²) in [5.74, 6) is 0.280. The Bertz CT molecular complexity index is 616. The van der Waals surface area contributed by atoms with Gasteiger partial charge in [-0.2, -0.15) is 0 Å². The molecule has 0 radical (unpaired) electrons. The molecule has 0 aliphatic rings. The normalized spacial score (nSPS) is 12.5. The van der Waals surface area contributed by atoms with Crippen LogP contribution in [0.15, 0.2) is 15.8 Å². The van der Waals surface area contributed by atoms with Crippen molar-refractivity contribution in [1.82, 2.24) is 19.8 Å². The van der Waals surface area contributed by atoms with Crippen LogP contribution in [0.2, 0.25) is 0 Å². The van der Waals surface area contributed by atoms with Crippen LogP contribution in [-0.4, -0.2) is 27.6 Å². The second-order valence-corrected chi connectivity index (χ2v) is 5.65. The minimum atomic E-state index is -0.411. The summed E-state index contributed by atoms with van der Waals surface area (Å²) in [7, 11) is 3.02. The van der Waals surface area contributed by atoms with E-state index >= 15 is 0 Å². The van der Waals surface area contributed by atoms with Crippen LogP contribution in [-0.2, 0) is 25.4 Å². The quantitative estimate of drug-likeness (QED) is 0.729. The Morgan fingerprint density at radius 3 is 2.43 bits per heavy atom. The maximum absolute atomic E-state index is 11.9. The lowest BCUT2D eigenvalue weighted by Gasteiger charge is -2.15. The molecule has 0 saturated carbocycles. The van der Waals surface area contributed by atoms with Crippen molar-refractivity contribution in [3.8, 4) is 0 Å². The summed E-state index contributed by atoms with van der Waals surface area (Å²) < 4.78 is 2.41. The standard InChI is InChI=1S/C14H24N4O3/c1-9(2)6-16-12(19)10(3)15-7-11-8-17(4)14(21)18(5)13(11)20/h8-10,15H,6-7H2,1-5H3,(H,16,19). The van der Waals surface area contributed by atoms with Crippen molar-refractivity contribution >= 4 is 5.91 Å². The monoisotopic (exact) mass is 296 g/mol. The van der Waals surface area contributed by atoms with Crippen LogP contribution in [0, 0.1) is 5.92 Å². The van der Waals surface area contributed by atoms with Gasteiger partial charge in [0.25, 0.3) is 5.56 Å². The number of hydrogen-bond acceptors (Lipinski definition) is 4. The number of nitrogens with one attached hydrogen (secondary N) is 2. The third-order valence-corrected chi connectivity index (χ3v) is 3.19. The van der Waals surface area contributed by atoms with Crippen LogP contribution in [0.3, 0.4) is 0 Å². The molecule has 1 unspecified atom stereocenters. The molecule has 7 nitrogen and oxygen atoms in total. The zero-order valence-corrected chi connectivity index (χ0v) is 13.3. The molecule has 118 valence electrons. The van der Waals surface area contributed by atoms with E-state index in [9.17, 15) is 14.4 Å². The highest BCUT2D eigenvalue weighted by Crippen LogP contribution is 1.92. The molecule has 0 aliphatic carbocycles. The van der Waals surface area contributed by atoms with Gasteiger partial charge in [-0.1, -0.05) is 13.8 Å². The Labute approximate surface area is 124 Å². The molecule has 0 bridgehead atoms. The van der Waals surface area contributed by atoms with Gasteiger partial charge in [-0.3, -0.25) is 14.2 Å². The summed E-state index contributed by atoms with van der Waals surface area (Å²) in [6.45, 7) is 6.63. The molecular weight excluding hydrogens is 272 g/mol. The predicted molar refractivity (Wildman–Crippen MR) is 81.1 cm³/mol. The summed E-state index contributed by atoms with van der Waals surface area (Å²) in [6.07, 6.45) is 1.50. The van der Waals surface area contributed by atoms with Crippen molar-refractivity contribution in [2.24, 2.45) is 20.0 Å². The molecule has 1 aromatic heterocycles. The van der Waals surface area contributed by atoms with E-state index in [1.165, 1.54) is 17.8 Å². The fourth-order valence-corrected chi connectivity index (χ4v) is 1.82. The number of aromatic nitrogens is 2. The van der Waals surface area contributed by atoms with E-state index in [0.717, 1.165) is 4.57 Å². The Morgan fingerprint density at radius 1 is 1.24 bits per heavy atom. The molecule has 7 heteroatoms. The van der Waals surface area contributed by atoms with Crippen LogP contribution < -0.4 is 21.9 Å². The van der Waals surface area contributed by atoms with Gasteiger partial charge in [-0.25, -0.2) is 4.79 Å². The summed E-state index contributed by atoms with van der Waals surface area (Å²) in [6, 6.07) is -0.411. The highest BCUT2D eigenvalue weighted by molar-refractivity contribution is 5.81. The summed E-state index contributed by atoms with van der Waals surface area (Å²) in [5, 5.41) is 5.82. The van der Waals surface area contributed by atoms with Crippen molar-refractivity contribution in [3.63, 3.8) is 0 Å². The highest BCUT2D eigenvalue weighted by atomic mass is 16.2. The van der Waals surface area contributed by atoms with Gasteiger partial charge < -0.3 is 15.2 Å². The largest absolute Gasteiger partial charge is 0.354 e. The van der Waals surface area contributed by atoms with E-state index in [0.29, 0.717) is 18.0 Å². The van der Waals surface area contributed by atoms with E-state index in [2.05, 4.69) is 10.6 Å². The van der Waals surface area contributed by atoms with Crippen LogP contribution >= 0.6 is 0 Å². The second kappa shape index (κ2) is 7.21. The molecule has 1 rings (SSSR count). The van der Waals surface area contributed by atoms with Crippen LogP contribution in [0.25, 0.3) is 0 Å². The Kier molecular flexibility index (Phi) is 5.90. The lowest BCUT2D eigenvalue weighted by atomic mass is 10.2. The van der Waals surface area contributed by atoms with E-state index in [4.69, 9.17) is 0 Å². The van der Waals surface area contributed by atoms with Gasteiger partial charge in [0.1, 0.15) is 0 Å². The van der Waals surface area contributed by atoms with Gasteiger partial charge in [0.15, 0.2) is 0 Å². The number of amides is 1. The molecule has 1 aromatic rings. The van der Waals surface area contributed by atoms with Crippen molar-refractivity contribution in [1.29, 1.82) is 0 Å². The van der Waals surface area contributed by atoms with Crippen molar-refractivity contribution in [3.05, 3.63) is 32.6 Å². The molecular formula is C14H24N4O3. The number of hydrogen-bond donors (Lipinski definition) is 2. The van der Waals surface area contributed by atoms with Crippen LogP contribution in [0.4, 0.5) is 0 Å². The number of rotatable bonds is 6. The van der Waals surface area contributed by atoms with Crippen LogP contribution in [0.1, 0.15) is 26.3 Å². The van der Waals surface area contributed by atoms with E-state index in [1.807, 2.05) is 13.8 Å². The first kappa shape index (κ1) is 17.2. The first-order valence-corrected chi connectivity index (χ1v) is 7.00. The minimum absolute atomic E-state index is 0.106. The van der Waals surface area contributed by atoms with Gasteiger partial charge >= 0.3 is 5.69 Å². The summed E-state index contributed by atoms with van der Waals surface area (Å²) >= 11 is 0. The third kappa shape index (κ3) is 4.56. The topological polar surface area (TPSA) is 85.1 Å². The molecule has 21 heavy (non-hydrogen) atoms. The highest BCUT2D eigenvalue weighted by Gasteiger charge is 2.14. The summed E-state index contributed by atoms with van der Waals surface area (Å²) in [5.41, 5.74) is -0.269. The molecule has 0 spiro atoms. The lowest BCUT2D eigenvalue weighted by Crippen LogP contribution is -2.45. The molecule has 1 amide bonds. The summed E-state index contributed by atoms with van der Waals surface area (Å²) in [4.78, 5) is 35.4. The average Bonchev–Trinajstić information content (AvgIpc) is 2.44. The smallest absolute Gasteiger partial charge is 0.330 e. The lowest BCUT2D eigenvalue weighted by molar-refractivity contribution is -0.122. The Hall–Kier alpha value is -1.89. The van der Waals surface area contributed by atoms with Gasteiger partial charge in [0.05, 0.1) is 6.04 Å². The first-order chi connectivity index (χ1) is 9.73. The minimum Gasteiger partial charge on any atom is -0.354 e. The van der Waals surface area contributed by atoms with Crippen molar-refractivity contribution < 1.29 is 4.79 Å². The van der Waals surface area contributed by atoms with Gasteiger partial charge in [-0.15, -0.1) is 0 Å². The predicted octanol–water partition coefficient (Wildman–Crippen LogP) is -0.666. The van der Waals surface area contributed by atoms with E-state index in [1.54, 1.807) is 14.0 Å².